The average molecular weight is 303 g/mol. The molecule has 0 fully saturated rings. The van der Waals surface area contributed by atoms with Gasteiger partial charge in [0, 0.05) is 18.8 Å². The van der Waals surface area contributed by atoms with Gasteiger partial charge in [-0.1, -0.05) is 42.3 Å². The van der Waals surface area contributed by atoms with Gasteiger partial charge in [-0.25, -0.2) is 0 Å². The van der Waals surface area contributed by atoms with Crippen molar-refractivity contribution in [2.45, 2.75) is 27.3 Å². The van der Waals surface area contributed by atoms with Gasteiger partial charge in [0.15, 0.2) is 0 Å². The Balaban J connectivity index is 2.27. The number of hydrogen-bond acceptors (Lipinski definition) is 2. The molecule has 2 rings (SSSR count). The molecule has 0 heterocycles. The zero-order chi connectivity index (χ0) is 15.2. The Labute approximate surface area is 132 Å². The lowest BCUT2D eigenvalue weighted by atomic mass is 10.1. The molecular formula is C18H23ClN2. The molecular weight excluding hydrogens is 280 g/mol. The van der Waals surface area contributed by atoms with Crippen LogP contribution in [0.5, 0.6) is 0 Å². The normalized spacial score (nSPS) is 10.7. The van der Waals surface area contributed by atoms with E-state index in [2.05, 4.69) is 73.5 Å². The maximum atomic E-state index is 6.49. The quantitative estimate of drug-likeness (QED) is 0.815. The fraction of sp³-hybridized carbons (Fsp3) is 0.333. The van der Waals surface area contributed by atoms with Crippen molar-refractivity contribution < 1.29 is 0 Å². The fourth-order valence-corrected chi connectivity index (χ4v) is 2.67. The summed E-state index contributed by atoms with van der Waals surface area (Å²) in [6.07, 6.45) is 0. The molecule has 0 atom stereocenters. The third-order valence-electron chi connectivity index (χ3n) is 3.54. The van der Waals surface area contributed by atoms with Crippen molar-refractivity contribution in [3.05, 3.63) is 58.6 Å². The van der Waals surface area contributed by atoms with E-state index in [1.807, 2.05) is 0 Å². The zero-order valence-electron chi connectivity index (χ0n) is 13.0. The Morgan fingerprint density at radius 2 is 1.76 bits per heavy atom. The van der Waals surface area contributed by atoms with E-state index >= 15 is 0 Å². The lowest BCUT2D eigenvalue weighted by Crippen LogP contribution is -2.17. The number of hydrogen-bond donors (Lipinski definition) is 1. The number of benzene rings is 2. The maximum Gasteiger partial charge on any atom is 0.0646 e. The third-order valence-corrected chi connectivity index (χ3v) is 3.85. The van der Waals surface area contributed by atoms with Crippen LogP contribution in [-0.4, -0.2) is 13.1 Å². The molecule has 0 spiro atoms. The Hall–Kier alpha value is -1.51. The van der Waals surface area contributed by atoms with Crippen molar-refractivity contribution in [3.63, 3.8) is 0 Å². The number of rotatable bonds is 6. The monoisotopic (exact) mass is 302 g/mol. The highest BCUT2D eigenvalue weighted by Gasteiger charge is 2.11. The van der Waals surface area contributed by atoms with Crippen molar-refractivity contribution in [1.29, 1.82) is 0 Å². The number of halogens is 1. The van der Waals surface area contributed by atoms with E-state index < -0.39 is 0 Å². The highest BCUT2D eigenvalue weighted by Crippen LogP contribution is 2.32. The van der Waals surface area contributed by atoms with E-state index in [-0.39, 0.29) is 0 Å². The second kappa shape index (κ2) is 7.48. The largest absolute Gasteiger partial charge is 0.341 e. The minimum absolute atomic E-state index is 0.799. The number of anilines is 2. The number of nitrogens with one attached hydrogen (secondary N) is 1. The summed E-state index contributed by atoms with van der Waals surface area (Å²) < 4.78 is 0. The molecule has 21 heavy (non-hydrogen) atoms. The lowest BCUT2D eigenvalue weighted by Gasteiger charge is -2.25. The summed E-state index contributed by atoms with van der Waals surface area (Å²) in [6, 6.07) is 14.8. The van der Waals surface area contributed by atoms with E-state index in [1.54, 1.807) is 0 Å². The van der Waals surface area contributed by atoms with Crippen LogP contribution in [0, 0.1) is 6.92 Å². The molecule has 0 aliphatic rings. The van der Waals surface area contributed by atoms with Crippen LogP contribution < -0.4 is 10.2 Å². The second-order valence-corrected chi connectivity index (χ2v) is 5.55. The Bertz CT molecular complexity index is 578. The predicted molar refractivity (Wildman–Crippen MR) is 92.7 cm³/mol. The molecule has 2 aromatic rings. The molecule has 112 valence electrons. The summed E-state index contributed by atoms with van der Waals surface area (Å²) in [5.41, 5.74) is 4.71. The van der Waals surface area contributed by atoms with Crippen LogP contribution in [0.25, 0.3) is 0 Å². The number of nitrogens with zero attached hydrogens (tertiary/aromatic N) is 1. The van der Waals surface area contributed by atoms with Crippen LogP contribution in [0.15, 0.2) is 42.5 Å². The molecule has 0 saturated carbocycles. The third kappa shape index (κ3) is 3.99. The van der Waals surface area contributed by atoms with Crippen LogP contribution in [0.4, 0.5) is 11.4 Å². The summed E-state index contributed by atoms with van der Waals surface area (Å²) in [5.74, 6) is 0. The highest BCUT2D eigenvalue weighted by atomic mass is 35.5. The molecule has 0 aliphatic heterocycles. The highest BCUT2D eigenvalue weighted by molar-refractivity contribution is 6.33. The van der Waals surface area contributed by atoms with Gasteiger partial charge >= 0.3 is 0 Å². The fourth-order valence-electron chi connectivity index (χ4n) is 2.37. The molecule has 3 heteroatoms. The van der Waals surface area contributed by atoms with Gasteiger partial charge in [-0.15, -0.1) is 0 Å². The molecule has 1 N–H and O–H groups in total. The first-order valence-corrected chi connectivity index (χ1v) is 7.86. The van der Waals surface area contributed by atoms with Gasteiger partial charge in [-0.3, -0.25) is 0 Å². The first-order chi connectivity index (χ1) is 10.2. The summed E-state index contributed by atoms with van der Waals surface area (Å²) in [6.45, 7) is 9.05. The van der Waals surface area contributed by atoms with E-state index in [0.29, 0.717) is 0 Å². The maximum absolute atomic E-state index is 6.49. The van der Waals surface area contributed by atoms with Crippen LogP contribution in [0.1, 0.15) is 25.0 Å². The topological polar surface area (TPSA) is 15.3 Å². The standard InChI is InChI=1S/C18H23ClN2/c1-4-20-13-15-8-11-18(17(19)12-15)21(5-2)16-9-6-14(3)7-10-16/h6-12,20H,4-5,13H2,1-3H3. The minimum atomic E-state index is 0.799. The van der Waals surface area contributed by atoms with Crippen LogP contribution in [0.2, 0.25) is 5.02 Å². The Kier molecular flexibility index (Phi) is 5.66. The number of aryl methyl sites for hydroxylation is 1. The van der Waals surface area contributed by atoms with Crippen molar-refractivity contribution in [2.75, 3.05) is 18.0 Å². The van der Waals surface area contributed by atoms with E-state index in [9.17, 15) is 0 Å². The summed E-state index contributed by atoms with van der Waals surface area (Å²) in [4.78, 5) is 2.23. The minimum Gasteiger partial charge on any atom is -0.341 e. The van der Waals surface area contributed by atoms with Gasteiger partial charge in [-0.2, -0.15) is 0 Å². The first-order valence-electron chi connectivity index (χ1n) is 7.49. The van der Waals surface area contributed by atoms with Crippen LogP contribution in [-0.2, 0) is 6.54 Å². The van der Waals surface area contributed by atoms with E-state index in [0.717, 1.165) is 30.3 Å². The summed E-state index contributed by atoms with van der Waals surface area (Å²) in [7, 11) is 0. The van der Waals surface area contributed by atoms with Gasteiger partial charge in [0.2, 0.25) is 0 Å². The van der Waals surface area contributed by atoms with Gasteiger partial charge < -0.3 is 10.2 Å². The van der Waals surface area contributed by atoms with E-state index in [4.69, 9.17) is 11.6 Å². The molecule has 0 bridgehead atoms. The van der Waals surface area contributed by atoms with Gasteiger partial charge in [0.1, 0.15) is 0 Å². The first kappa shape index (κ1) is 15.9. The molecule has 0 aromatic heterocycles. The zero-order valence-corrected chi connectivity index (χ0v) is 13.7. The van der Waals surface area contributed by atoms with Crippen LogP contribution in [0.3, 0.4) is 0 Å². The van der Waals surface area contributed by atoms with Gasteiger partial charge in [0.25, 0.3) is 0 Å². The molecule has 2 nitrogen and oxygen atoms in total. The van der Waals surface area contributed by atoms with Crippen molar-refractivity contribution in [2.24, 2.45) is 0 Å². The van der Waals surface area contributed by atoms with Gasteiger partial charge in [0.05, 0.1) is 10.7 Å². The average Bonchev–Trinajstić information content (AvgIpc) is 2.49. The summed E-state index contributed by atoms with van der Waals surface area (Å²) >= 11 is 6.49. The molecule has 0 saturated heterocycles. The van der Waals surface area contributed by atoms with Crippen molar-refractivity contribution >= 4 is 23.0 Å². The van der Waals surface area contributed by atoms with Crippen molar-refractivity contribution in [3.8, 4) is 0 Å². The molecule has 0 unspecified atom stereocenters. The lowest BCUT2D eigenvalue weighted by molar-refractivity contribution is 0.727. The van der Waals surface area contributed by atoms with E-state index in [1.165, 1.54) is 16.8 Å². The predicted octanol–water partition coefficient (Wildman–Crippen LogP) is 4.92. The second-order valence-electron chi connectivity index (χ2n) is 5.15. The molecule has 2 aromatic carbocycles. The molecule has 0 aliphatic carbocycles. The SMILES string of the molecule is CCNCc1ccc(N(CC)c2ccc(C)cc2)c(Cl)c1. The summed E-state index contributed by atoms with van der Waals surface area (Å²) in [5, 5.41) is 4.12. The van der Waals surface area contributed by atoms with Crippen LogP contribution >= 0.6 is 11.6 Å². The van der Waals surface area contributed by atoms with Gasteiger partial charge in [-0.05, 0) is 50.2 Å². The Morgan fingerprint density at radius 1 is 1.05 bits per heavy atom. The molecule has 0 radical (unpaired) electrons. The van der Waals surface area contributed by atoms with Crippen molar-refractivity contribution in [1.82, 2.24) is 5.32 Å². The molecule has 0 amide bonds. The smallest absolute Gasteiger partial charge is 0.0646 e. The Morgan fingerprint density at radius 3 is 2.33 bits per heavy atom.